The maximum atomic E-state index is 11.3. The lowest BCUT2D eigenvalue weighted by molar-refractivity contribution is -0.116. The minimum absolute atomic E-state index is 0.0389. The van der Waals surface area contributed by atoms with Gasteiger partial charge in [0.05, 0.1) is 0 Å². The highest BCUT2D eigenvalue weighted by Gasteiger charge is 2.02. The summed E-state index contributed by atoms with van der Waals surface area (Å²) in [6.45, 7) is 0.702. The van der Waals surface area contributed by atoms with Crippen LogP contribution in [-0.2, 0) is 4.79 Å². The number of hydrogen-bond acceptors (Lipinski definition) is 4. The molecule has 0 unspecified atom stereocenters. The van der Waals surface area contributed by atoms with E-state index < -0.39 is 0 Å². The van der Waals surface area contributed by atoms with Crippen molar-refractivity contribution >= 4 is 22.4 Å². The van der Waals surface area contributed by atoms with Gasteiger partial charge in [0.15, 0.2) is 5.13 Å². The van der Waals surface area contributed by atoms with Crippen LogP contribution in [-0.4, -0.2) is 17.4 Å². The van der Waals surface area contributed by atoms with Gasteiger partial charge in [-0.1, -0.05) is 6.42 Å². The van der Waals surface area contributed by atoms with E-state index in [9.17, 15) is 4.79 Å². The van der Waals surface area contributed by atoms with Crippen LogP contribution in [0.1, 0.15) is 25.7 Å². The topological polar surface area (TPSA) is 68.0 Å². The van der Waals surface area contributed by atoms with Crippen molar-refractivity contribution < 1.29 is 4.79 Å². The maximum absolute atomic E-state index is 11.3. The molecule has 0 aromatic carbocycles. The molecule has 1 aromatic rings. The van der Waals surface area contributed by atoms with Gasteiger partial charge in [0.1, 0.15) is 0 Å². The predicted molar refractivity (Wildman–Crippen MR) is 58.3 cm³/mol. The molecule has 1 heterocycles. The Kier molecular flexibility index (Phi) is 5.17. The highest BCUT2D eigenvalue weighted by atomic mass is 32.1. The Balaban J connectivity index is 2.11. The second-order valence-corrected chi connectivity index (χ2v) is 3.88. The van der Waals surface area contributed by atoms with Crippen LogP contribution in [0.25, 0.3) is 0 Å². The smallest absolute Gasteiger partial charge is 0.226 e. The number of rotatable bonds is 6. The Labute approximate surface area is 87.5 Å². The number of nitrogens with two attached hydrogens (primary N) is 1. The molecular weight excluding hydrogens is 198 g/mol. The van der Waals surface area contributed by atoms with E-state index >= 15 is 0 Å². The van der Waals surface area contributed by atoms with Crippen molar-refractivity contribution in [3.63, 3.8) is 0 Å². The minimum Gasteiger partial charge on any atom is -0.330 e. The molecule has 0 saturated heterocycles. The number of unbranched alkanes of at least 4 members (excludes halogenated alkanes) is 2. The van der Waals surface area contributed by atoms with Crippen molar-refractivity contribution in [1.82, 2.24) is 4.98 Å². The van der Waals surface area contributed by atoms with Gasteiger partial charge < -0.3 is 11.1 Å². The Morgan fingerprint density at radius 3 is 3.00 bits per heavy atom. The summed E-state index contributed by atoms with van der Waals surface area (Å²) in [5.74, 6) is 0.0389. The second-order valence-electron chi connectivity index (χ2n) is 2.98. The van der Waals surface area contributed by atoms with Gasteiger partial charge in [-0.15, -0.1) is 11.3 Å². The van der Waals surface area contributed by atoms with E-state index in [2.05, 4.69) is 10.3 Å². The fraction of sp³-hybridized carbons (Fsp3) is 0.556. The molecule has 0 bridgehead atoms. The lowest BCUT2D eigenvalue weighted by Gasteiger charge is -2.00. The molecule has 1 amide bonds. The van der Waals surface area contributed by atoms with E-state index in [-0.39, 0.29) is 5.91 Å². The van der Waals surface area contributed by atoms with Crippen LogP contribution in [0.4, 0.5) is 5.13 Å². The normalized spacial score (nSPS) is 10.1. The highest BCUT2D eigenvalue weighted by Crippen LogP contribution is 2.11. The number of amides is 1. The van der Waals surface area contributed by atoms with E-state index in [4.69, 9.17) is 5.73 Å². The average Bonchev–Trinajstić information content (AvgIpc) is 2.65. The van der Waals surface area contributed by atoms with E-state index in [0.29, 0.717) is 18.1 Å². The molecule has 3 N–H and O–H groups in total. The van der Waals surface area contributed by atoms with Crippen LogP contribution >= 0.6 is 11.3 Å². The maximum Gasteiger partial charge on any atom is 0.226 e. The largest absolute Gasteiger partial charge is 0.330 e. The molecule has 5 heteroatoms. The molecule has 0 fully saturated rings. The summed E-state index contributed by atoms with van der Waals surface area (Å²) < 4.78 is 0. The third kappa shape index (κ3) is 4.34. The third-order valence-electron chi connectivity index (χ3n) is 1.79. The van der Waals surface area contributed by atoms with Gasteiger partial charge in [0.2, 0.25) is 5.91 Å². The lowest BCUT2D eigenvalue weighted by atomic mass is 10.2. The molecule has 0 atom stereocenters. The number of thiazole rings is 1. The summed E-state index contributed by atoms with van der Waals surface area (Å²) in [6.07, 6.45) is 5.13. The number of nitrogens with zero attached hydrogens (tertiary/aromatic N) is 1. The summed E-state index contributed by atoms with van der Waals surface area (Å²) in [7, 11) is 0. The Morgan fingerprint density at radius 2 is 2.36 bits per heavy atom. The molecule has 0 aliphatic heterocycles. The first-order valence-corrected chi connectivity index (χ1v) is 5.60. The molecule has 4 nitrogen and oxygen atoms in total. The SMILES string of the molecule is NCCCCCC(=O)Nc1nccs1. The van der Waals surface area contributed by atoms with Gasteiger partial charge >= 0.3 is 0 Å². The fourth-order valence-electron chi connectivity index (χ4n) is 1.07. The van der Waals surface area contributed by atoms with Crippen molar-refractivity contribution in [3.8, 4) is 0 Å². The van der Waals surface area contributed by atoms with Crippen molar-refractivity contribution in [2.24, 2.45) is 5.73 Å². The van der Waals surface area contributed by atoms with Crippen molar-refractivity contribution in [2.45, 2.75) is 25.7 Å². The Morgan fingerprint density at radius 1 is 1.50 bits per heavy atom. The molecule has 1 rings (SSSR count). The van der Waals surface area contributed by atoms with Crippen LogP contribution in [0.15, 0.2) is 11.6 Å². The number of aromatic nitrogens is 1. The van der Waals surface area contributed by atoms with E-state index in [0.717, 1.165) is 19.3 Å². The number of anilines is 1. The standard InChI is InChI=1S/C9H15N3OS/c10-5-3-1-2-4-8(13)12-9-11-6-7-14-9/h6-7H,1-5,10H2,(H,11,12,13). The third-order valence-corrected chi connectivity index (χ3v) is 2.48. The predicted octanol–water partition coefficient (Wildman–Crippen LogP) is 1.60. The summed E-state index contributed by atoms with van der Waals surface area (Å²) in [5.41, 5.74) is 5.35. The molecule has 0 spiro atoms. The summed E-state index contributed by atoms with van der Waals surface area (Å²) in [5, 5.41) is 5.25. The molecule has 0 saturated carbocycles. The first-order valence-electron chi connectivity index (χ1n) is 4.72. The molecular formula is C9H15N3OS. The van der Waals surface area contributed by atoms with Crippen molar-refractivity contribution in [1.29, 1.82) is 0 Å². The monoisotopic (exact) mass is 213 g/mol. The molecule has 0 aliphatic rings. The molecule has 0 radical (unpaired) electrons. The molecule has 0 aliphatic carbocycles. The fourth-order valence-corrected chi connectivity index (χ4v) is 1.62. The number of hydrogen-bond donors (Lipinski definition) is 2. The summed E-state index contributed by atoms with van der Waals surface area (Å²) in [4.78, 5) is 15.3. The van der Waals surface area contributed by atoms with Gasteiger partial charge in [0, 0.05) is 18.0 Å². The number of carbonyl (C=O) groups excluding carboxylic acids is 1. The molecule has 14 heavy (non-hydrogen) atoms. The highest BCUT2D eigenvalue weighted by molar-refractivity contribution is 7.13. The lowest BCUT2D eigenvalue weighted by Crippen LogP contribution is -2.11. The number of nitrogens with one attached hydrogen (secondary N) is 1. The summed E-state index contributed by atoms with van der Waals surface area (Å²) in [6, 6.07) is 0. The van der Waals surface area contributed by atoms with Gasteiger partial charge in [0.25, 0.3) is 0 Å². The van der Waals surface area contributed by atoms with Crippen LogP contribution in [0, 0.1) is 0 Å². The quantitative estimate of drug-likeness (QED) is 0.705. The average molecular weight is 213 g/mol. The van der Waals surface area contributed by atoms with Crippen molar-refractivity contribution in [2.75, 3.05) is 11.9 Å². The first-order chi connectivity index (χ1) is 6.83. The van der Waals surface area contributed by atoms with E-state index in [1.807, 2.05) is 5.38 Å². The van der Waals surface area contributed by atoms with Crippen LogP contribution < -0.4 is 11.1 Å². The zero-order valence-corrected chi connectivity index (χ0v) is 8.85. The van der Waals surface area contributed by atoms with Gasteiger partial charge in [-0.2, -0.15) is 0 Å². The molecule has 1 aromatic heterocycles. The van der Waals surface area contributed by atoms with Crippen LogP contribution in [0.5, 0.6) is 0 Å². The van der Waals surface area contributed by atoms with E-state index in [1.54, 1.807) is 6.20 Å². The van der Waals surface area contributed by atoms with Gasteiger partial charge in [-0.05, 0) is 19.4 Å². The zero-order valence-electron chi connectivity index (χ0n) is 8.03. The Hall–Kier alpha value is -0.940. The second kappa shape index (κ2) is 6.50. The van der Waals surface area contributed by atoms with Gasteiger partial charge in [-0.25, -0.2) is 4.98 Å². The zero-order chi connectivity index (χ0) is 10.2. The first kappa shape index (κ1) is 11.1. The van der Waals surface area contributed by atoms with Crippen LogP contribution in [0.3, 0.4) is 0 Å². The molecule has 78 valence electrons. The minimum atomic E-state index is 0.0389. The van der Waals surface area contributed by atoms with E-state index in [1.165, 1.54) is 11.3 Å². The Bertz CT molecular complexity index is 261. The van der Waals surface area contributed by atoms with Gasteiger partial charge in [-0.3, -0.25) is 4.79 Å². The van der Waals surface area contributed by atoms with Crippen molar-refractivity contribution in [3.05, 3.63) is 11.6 Å². The summed E-state index contributed by atoms with van der Waals surface area (Å²) >= 11 is 1.43. The van der Waals surface area contributed by atoms with Crippen LogP contribution in [0.2, 0.25) is 0 Å². The number of carbonyl (C=O) groups is 1.